The summed E-state index contributed by atoms with van der Waals surface area (Å²) >= 11 is 0. The molecule has 0 unspecified atom stereocenters. The third-order valence-electron chi connectivity index (χ3n) is 5.04. The van der Waals surface area contributed by atoms with Crippen molar-refractivity contribution in [2.45, 2.75) is 38.5 Å². The Morgan fingerprint density at radius 1 is 0.840 bits per heavy atom. The molecule has 0 saturated heterocycles. The van der Waals surface area contributed by atoms with Gasteiger partial charge < -0.3 is 0 Å². The molecule has 0 bridgehead atoms. The van der Waals surface area contributed by atoms with Gasteiger partial charge in [-0.25, -0.2) is 4.98 Å². The number of aryl methyl sites for hydroxylation is 1. The van der Waals surface area contributed by atoms with Gasteiger partial charge >= 0.3 is 0 Å². The molecule has 2 heteroatoms. The van der Waals surface area contributed by atoms with Crippen molar-refractivity contribution in [3.63, 3.8) is 0 Å². The van der Waals surface area contributed by atoms with Crippen molar-refractivity contribution in [2.24, 2.45) is 0 Å². The molecule has 25 heavy (non-hydrogen) atoms. The highest BCUT2D eigenvalue weighted by molar-refractivity contribution is 5.82. The van der Waals surface area contributed by atoms with Gasteiger partial charge in [-0.3, -0.25) is 0 Å². The van der Waals surface area contributed by atoms with Gasteiger partial charge in [0, 0.05) is 11.8 Å². The summed E-state index contributed by atoms with van der Waals surface area (Å²) in [6.45, 7) is 0. The molecule has 0 aliphatic heterocycles. The van der Waals surface area contributed by atoms with Gasteiger partial charge in [0.2, 0.25) is 5.95 Å². The molecule has 0 saturated carbocycles. The van der Waals surface area contributed by atoms with E-state index in [0.29, 0.717) is 0 Å². The number of nitrogens with zero attached hydrogens (tertiary/aromatic N) is 1. The van der Waals surface area contributed by atoms with Crippen molar-refractivity contribution < 1.29 is 4.39 Å². The highest BCUT2D eigenvalue weighted by Gasteiger charge is 2.15. The molecule has 2 aromatic rings. The van der Waals surface area contributed by atoms with Gasteiger partial charge in [-0.1, -0.05) is 42.5 Å². The maximum atomic E-state index is 13.1. The molecule has 1 nitrogen and oxygen atoms in total. The van der Waals surface area contributed by atoms with E-state index in [2.05, 4.69) is 47.5 Å². The minimum absolute atomic E-state index is 0.434. The van der Waals surface area contributed by atoms with E-state index in [9.17, 15) is 4.39 Å². The molecule has 1 heterocycles. The maximum absolute atomic E-state index is 13.1. The predicted molar refractivity (Wildman–Crippen MR) is 102 cm³/mol. The van der Waals surface area contributed by atoms with Crippen molar-refractivity contribution in [3.8, 4) is 11.1 Å². The van der Waals surface area contributed by atoms with E-state index < -0.39 is 5.95 Å². The second-order valence-electron chi connectivity index (χ2n) is 6.77. The van der Waals surface area contributed by atoms with Crippen LogP contribution in [0.5, 0.6) is 0 Å². The molecule has 126 valence electrons. The van der Waals surface area contributed by atoms with Crippen molar-refractivity contribution in [1.82, 2.24) is 4.98 Å². The first-order valence-corrected chi connectivity index (χ1v) is 9.13. The first-order valence-electron chi connectivity index (χ1n) is 9.13. The molecular weight excluding hydrogens is 309 g/mol. The van der Waals surface area contributed by atoms with E-state index in [1.807, 2.05) is 0 Å². The lowest BCUT2D eigenvalue weighted by Gasteiger charge is -2.12. The van der Waals surface area contributed by atoms with Crippen molar-refractivity contribution >= 4 is 5.57 Å². The Balaban J connectivity index is 1.79. The lowest BCUT2D eigenvalue weighted by molar-refractivity contribution is 0.584. The smallest absolute Gasteiger partial charge is 0.212 e. The van der Waals surface area contributed by atoms with E-state index in [1.54, 1.807) is 12.3 Å². The largest absolute Gasteiger partial charge is 0.228 e. The van der Waals surface area contributed by atoms with Crippen LogP contribution in [-0.4, -0.2) is 4.98 Å². The van der Waals surface area contributed by atoms with E-state index in [-0.39, 0.29) is 0 Å². The lowest BCUT2D eigenvalue weighted by Crippen LogP contribution is -1.93. The molecule has 1 aromatic heterocycles. The molecule has 2 aliphatic carbocycles. The topological polar surface area (TPSA) is 12.9 Å². The summed E-state index contributed by atoms with van der Waals surface area (Å²) in [5.41, 5.74) is 7.62. The van der Waals surface area contributed by atoms with Crippen LogP contribution < -0.4 is 0 Å². The van der Waals surface area contributed by atoms with Crippen LogP contribution in [0.25, 0.3) is 16.7 Å². The maximum Gasteiger partial charge on any atom is 0.212 e. The third-order valence-corrected chi connectivity index (χ3v) is 5.04. The zero-order valence-corrected chi connectivity index (χ0v) is 14.3. The van der Waals surface area contributed by atoms with Gasteiger partial charge in [0.15, 0.2) is 0 Å². The summed E-state index contributed by atoms with van der Waals surface area (Å²) in [7, 11) is 0. The summed E-state index contributed by atoms with van der Waals surface area (Å²) in [4.78, 5) is 3.79. The normalized spacial score (nSPS) is 17.2. The van der Waals surface area contributed by atoms with Crippen LogP contribution in [0, 0.1) is 5.95 Å². The highest BCUT2D eigenvalue weighted by Crippen LogP contribution is 2.35. The quantitative estimate of drug-likeness (QED) is 0.561. The van der Waals surface area contributed by atoms with Crippen LogP contribution in [0.3, 0.4) is 0 Å². The Morgan fingerprint density at radius 2 is 1.68 bits per heavy atom. The standard InChI is InChI=1S/C23H22FN/c24-23-14-12-20(16-25-23)18-11-13-22-19(15-18)9-6-8-17-7-4-2-1-3-5-10-21(17)22/h4-5,7,10-16H,1-3,6,8-9H2. The average Bonchev–Trinajstić information content (AvgIpc) is 2.71. The number of fused-ring (bicyclic) bond motifs is 2. The zero-order chi connectivity index (χ0) is 17.1. The van der Waals surface area contributed by atoms with Crippen molar-refractivity contribution in [3.05, 3.63) is 83.5 Å². The van der Waals surface area contributed by atoms with E-state index >= 15 is 0 Å². The van der Waals surface area contributed by atoms with Gasteiger partial charge in [-0.2, -0.15) is 4.39 Å². The molecule has 0 fully saturated rings. The SMILES string of the molecule is Fc1ccc(-c2ccc3c(c2)CCCC2=C3C=CCCCC=C2)cn1. The number of rotatable bonds is 1. The minimum Gasteiger partial charge on any atom is -0.228 e. The van der Waals surface area contributed by atoms with Gasteiger partial charge in [0.25, 0.3) is 0 Å². The lowest BCUT2D eigenvalue weighted by atomic mass is 9.93. The summed E-state index contributed by atoms with van der Waals surface area (Å²) in [5, 5.41) is 0. The Bertz CT molecular complexity index is 856. The average molecular weight is 331 g/mol. The van der Waals surface area contributed by atoms with Crippen LogP contribution in [0.1, 0.15) is 43.2 Å². The molecular formula is C23H22FN. The number of hydrogen-bond acceptors (Lipinski definition) is 1. The summed E-state index contributed by atoms with van der Waals surface area (Å²) in [5.74, 6) is -0.434. The predicted octanol–water partition coefficient (Wildman–Crippen LogP) is 6.27. The van der Waals surface area contributed by atoms with E-state index in [4.69, 9.17) is 0 Å². The number of halogens is 1. The monoisotopic (exact) mass is 331 g/mol. The number of benzene rings is 1. The Labute approximate surface area is 148 Å². The summed E-state index contributed by atoms with van der Waals surface area (Å²) in [6, 6.07) is 9.84. The first-order chi connectivity index (χ1) is 12.3. The third kappa shape index (κ3) is 3.48. The first kappa shape index (κ1) is 16.0. The van der Waals surface area contributed by atoms with Gasteiger partial charge in [0.1, 0.15) is 0 Å². The van der Waals surface area contributed by atoms with Crippen molar-refractivity contribution in [1.29, 1.82) is 0 Å². The molecule has 1 aromatic carbocycles. The number of aromatic nitrogens is 1. The Hall–Kier alpha value is -2.48. The van der Waals surface area contributed by atoms with Crippen LogP contribution in [0.4, 0.5) is 4.39 Å². The fraction of sp³-hybridized carbons (Fsp3) is 0.261. The highest BCUT2D eigenvalue weighted by atomic mass is 19.1. The van der Waals surface area contributed by atoms with Gasteiger partial charge in [0.05, 0.1) is 0 Å². The molecule has 0 atom stereocenters. The number of pyridine rings is 1. The van der Waals surface area contributed by atoms with Crippen LogP contribution in [0.15, 0.2) is 66.4 Å². The minimum atomic E-state index is -0.434. The van der Waals surface area contributed by atoms with Gasteiger partial charge in [-0.15, -0.1) is 0 Å². The number of hydrogen-bond donors (Lipinski definition) is 0. The zero-order valence-electron chi connectivity index (χ0n) is 14.3. The second-order valence-corrected chi connectivity index (χ2v) is 6.77. The molecule has 0 radical (unpaired) electrons. The Morgan fingerprint density at radius 3 is 2.52 bits per heavy atom. The molecule has 0 N–H and O–H groups in total. The van der Waals surface area contributed by atoms with Crippen molar-refractivity contribution in [2.75, 3.05) is 0 Å². The summed E-state index contributed by atoms with van der Waals surface area (Å²) in [6.07, 6.45) is 17.8. The summed E-state index contributed by atoms with van der Waals surface area (Å²) < 4.78 is 13.1. The molecule has 2 aliphatic rings. The fourth-order valence-corrected chi connectivity index (χ4v) is 3.72. The van der Waals surface area contributed by atoms with E-state index in [0.717, 1.165) is 43.2 Å². The van der Waals surface area contributed by atoms with E-state index in [1.165, 1.54) is 34.8 Å². The molecule has 0 amide bonds. The van der Waals surface area contributed by atoms with Crippen LogP contribution >= 0.6 is 0 Å². The van der Waals surface area contributed by atoms with Gasteiger partial charge in [-0.05, 0) is 78.5 Å². The Kier molecular flexibility index (Phi) is 4.60. The van der Waals surface area contributed by atoms with Crippen LogP contribution in [-0.2, 0) is 6.42 Å². The number of allylic oxidation sites excluding steroid dienone is 6. The van der Waals surface area contributed by atoms with Crippen LogP contribution in [0.2, 0.25) is 0 Å². The molecule has 4 rings (SSSR count). The second kappa shape index (κ2) is 7.18. The fourth-order valence-electron chi connectivity index (χ4n) is 3.72. The molecule has 0 spiro atoms.